The minimum atomic E-state index is -0.248. The number of rotatable bonds is 7. The second-order valence-corrected chi connectivity index (χ2v) is 7.70. The number of nitrogens with zero attached hydrogens (tertiary/aromatic N) is 3. The van der Waals surface area contributed by atoms with Crippen molar-refractivity contribution in [2.75, 3.05) is 13.1 Å². The number of benzene rings is 1. The van der Waals surface area contributed by atoms with Crippen LogP contribution in [0.3, 0.4) is 0 Å². The van der Waals surface area contributed by atoms with Crippen molar-refractivity contribution in [1.29, 1.82) is 0 Å². The van der Waals surface area contributed by atoms with Crippen LogP contribution in [0.2, 0.25) is 0 Å². The van der Waals surface area contributed by atoms with E-state index in [1.165, 1.54) is 12.1 Å². The van der Waals surface area contributed by atoms with Crippen LogP contribution in [0, 0.1) is 5.82 Å². The van der Waals surface area contributed by atoms with Gasteiger partial charge in [-0.05, 0) is 37.0 Å². The number of aliphatic imine (C=N–C) groups is 1. The summed E-state index contributed by atoms with van der Waals surface area (Å²) in [5.41, 5.74) is 2.04. The summed E-state index contributed by atoms with van der Waals surface area (Å²) in [4.78, 5) is 21.7. The second kappa shape index (κ2) is 7.81. The minimum absolute atomic E-state index is 0.0157. The van der Waals surface area contributed by atoms with Gasteiger partial charge in [0, 0.05) is 25.6 Å². The van der Waals surface area contributed by atoms with E-state index in [0.717, 1.165) is 55.0 Å². The Morgan fingerprint density at radius 1 is 1.21 bits per heavy atom. The molecule has 3 aliphatic rings. The van der Waals surface area contributed by atoms with Crippen LogP contribution in [0.25, 0.3) is 0 Å². The van der Waals surface area contributed by atoms with Gasteiger partial charge in [0.1, 0.15) is 23.2 Å². The number of unbranched alkanes of at least 4 members (excludes halogenated alkanes) is 1. The second-order valence-electron chi connectivity index (χ2n) is 7.70. The van der Waals surface area contributed by atoms with Crippen LogP contribution in [0.5, 0.6) is 0 Å². The first-order chi connectivity index (χ1) is 13.6. The molecule has 2 N–H and O–H groups in total. The van der Waals surface area contributed by atoms with Crippen molar-refractivity contribution in [3.05, 3.63) is 47.2 Å². The summed E-state index contributed by atoms with van der Waals surface area (Å²) in [6, 6.07) is 6.69. The van der Waals surface area contributed by atoms with Crippen molar-refractivity contribution in [1.82, 2.24) is 20.4 Å². The van der Waals surface area contributed by atoms with Crippen molar-refractivity contribution < 1.29 is 9.18 Å². The maximum atomic E-state index is 13.2. The summed E-state index contributed by atoms with van der Waals surface area (Å²) >= 11 is 0. The van der Waals surface area contributed by atoms with Gasteiger partial charge in [0.05, 0.1) is 0 Å². The molecule has 4 rings (SSSR count). The van der Waals surface area contributed by atoms with Gasteiger partial charge in [-0.3, -0.25) is 9.80 Å². The summed E-state index contributed by atoms with van der Waals surface area (Å²) < 4.78 is 13.2. The molecular weight excluding hydrogens is 357 g/mol. The van der Waals surface area contributed by atoms with Gasteiger partial charge in [-0.25, -0.2) is 14.2 Å². The van der Waals surface area contributed by atoms with Gasteiger partial charge in [-0.1, -0.05) is 32.4 Å². The van der Waals surface area contributed by atoms with E-state index in [1.54, 1.807) is 12.1 Å². The van der Waals surface area contributed by atoms with Crippen molar-refractivity contribution in [2.24, 2.45) is 4.99 Å². The van der Waals surface area contributed by atoms with Crippen LogP contribution in [0.1, 0.15) is 45.1 Å². The van der Waals surface area contributed by atoms with Crippen LogP contribution < -0.4 is 10.6 Å². The fourth-order valence-electron chi connectivity index (χ4n) is 4.11. The number of amides is 2. The summed E-state index contributed by atoms with van der Waals surface area (Å²) in [6.45, 7) is 5.53. The number of carbonyl (C=O) groups is 1. The van der Waals surface area contributed by atoms with Crippen molar-refractivity contribution in [2.45, 2.75) is 58.2 Å². The molecule has 0 bridgehead atoms. The number of carbonyl (C=O) groups excluding carboxylic acids is 1. The summed E-state index contributed by atoms with van der Waals surface area (Å²) in [5, 5.41) is 7.01. The highest BCUT2D eigenvalue weighted by Gasteiger charge is 2.46. The maximum absolute atomic E-state index is 13.2. The normalized spacial score (nSPS) is 23.4. The fourth-order valence-corrected chi connectivity index (χ4v) is 4.11. The van der Waals surface area contributed by atoms with Crippen LogP contribution in [-0.2, 0) is 6.42 Å². The van der Waals surface area contributed by atoms with Crippen molar-refractivity contribution in [3.8, 4) is 0 Å². The fraction of sp³-hybridized carbons (Fsp3) is 0.524. The number of urea groups is 1. The Labute approximate surface area is 165 Å². The third-order valence-corrected chi connectivity index (χ3v) is 5.48. The zero-order valence-corrected chi connectivity index (χ0v) is 16.5. The lowest BCUT2D eigenvalue weighted by Gasteiger charge is -2.36. The maximum Gasteiger partial charge on any atom is 0.327 e. The molecule has 150 valence electrons. The van der Waals surface area contributed by atoms with Gasteiger partial charge in [-0.2, -0.15) is 0 Å². The topological polar surface area (TPSA) is 60.0 Å². The van der Waals surface area contributed by atoms with E-state index in [2.05, 4.69) is 24.5 Å². The molecule has 6 nitrogen and oxygen atoms in total. The van der Waals surface area contributed by atoms with Gasteiger partial charge < -0.3 is 10.6 Å². The molecule has 2 unspecified atom stereocenters. The van der Waals surface area contributed by atoms with Gasteiger partial charge in [0.2, 0.25) is 0 Å². The van der Waals surface area contributed by atoms with Crippen molar-refractivity contribution in [3.63, 3.8) is 0 Å². The van der Waals surface area contributed by atoms with Gasteiger partial charge in [0.25, 0.3) is 0 Å². The molecule has 2 atom stereocenters. The lowest BCUT2D eigenvalue weighted by atomic mass is 10.1. The number of amidine groups is 1. The predicted molar refractivity (Wildman–Crippen MR) is 107 cm³/mol. The first kappa shape index (κ1) is 18.8. The van der Waals surface area contributed by atoms with Crippen LogP contribution in [-0.4, -0.2) is 47.0 Å². The quantitative estimate of drug-likeness (QED) is 0.758. The molecule has 1 aromatic carbocycles. The predicted octanol–water partition coefficient (Wildman–Crippen LogP) is 3.17. The molecule has 1 saturated heterocycles. The molecule has 0 radical (unpaired) electrons. The number of fused-ring (bicyclic) bond motifs is 2. The molecule has 0 saturated carbocycles. The third-order valence-electron chi connectivity index (χ3n) is 5.48. The van der Waals surface area contributed by atoms with E-state index in [4.69, 9.17) is 4.99 Å². The molecular formula is C21H28FN5O. The molecule has 1 aromatic rings. The Morgan fingerprint density at radius 3 is 2.71 bits per heavy atom. The number of nitrogens with one attached hydrogen (secondary N) is 2. The van der Waals surface area contributed by atoms with Crippen LogP contribution in [0.4, 0.5) is 9.18 Å². The largest absolute Gasteiger partial charge is 0.365 e. The van der Waals surface area contributed by atoms with Gasteiger partial charge in [-0.15, -0.1) is 0 Å². The molecule has 3 heterocycles. The Bertz CT molecular complexity index is 804. The first-order valence-corrected chi connectivity index (χ1v) is 10.3. The zero-order chi connectivity index (χ0) is 19.7. The number of hydrogen-bond acceptors (Lipinski definition) is 4. The molecule has 0 aromatic heterocycles. The average molecular weight is 385 g/mol. The first-order valence-electron chi connectivity index (χ1n) is 10.3. The highest BCUT2D eigenvalue weighted by Crippen LogP contribution is 2.32. The standard InChI is InChI=1S/C21H28FN5O/c1-3-5-6-17-24-18-19-23-16(12-14-7-9-15(22)10-8-14)13-27(19)21(28)26(11-4-2)20(18)25-17/h7-10,16,20,23H,3-6,11-13H2,1-2H3,(H,24,25). The minimum Gasteiger partial charge on any atom is -0.365 e. The average Bonchev–Trinajstić information content (AvgIpc) is 3.29. The number of halogens is 1. The van der Waals surface area contributed by atoms with E-state index in [-0.39, 0.29) is 24.1 Å². The van der Waals surface area contributed by atoms with Gasteiger partial charge >= 0.3 is 6.03 Å². The Balaban J connectivity index is 1.57. The molecule has 28 heavy (non-hydrogen) atoms. The highest BCUT2D eigenvalue weighted by molar-refractivity contribution is 5.89. The summed E-state index contributed by atoms with van der Waals surface area (Å²) in [6.07, 6.45) is 4.47. The molecule has 0 spiro atoms. The molecule has 0 aliphatic carbocycles. The smallest absolute Gasteiger partial charge is 0.327 e. The van der Waals surface area contributed by atoms with E-state index in [9.17, 15) is 9.18 Å². The zero-order valence-electron chi connectivity index (χ0n) is 16.5. The van der Waals surface area contributed by atoms with E-state index in [1.807, 2.05) is 9.80 Å². The summed E-state index contributed by atoms with van der Waals surface area (Å²) in [7, 11) is 0. The highest BCUT2D eigenvalue weighted by atomic mass is 19.1. The molecule has 3 aliphatic heterocycles. The van der Waals surface area contributed by atoms with Crippen LogP contribution >= 0.6 is 0 Å². The molecule has 7 heteroatoms. The lowest BCUT2D eigenvalue weighted by Crippen LogP contribution is -2.53. The lowest BCUT2D eigenvalue weighted by molar-refractivity contribution is 0.146. The van der Waals surface area contributed by atoms with Crippen molar-refractivity contribution >= 4 is 11.9 Å². The van der Waals surface area contributed by atoms with E-state index < -0.39 is 0 Å². The Morgan fingerprint density at radius 2 is 2.00 bits per heavy atom. The van der Waals surface area contributed by atoms with Crippen LogP contribution in [0.15, 0.2) is 40.8 Å². The Hall–Kier alpha value is -2.57. The monoisotopic (exact) mass is 385 g/mol. The SMILES string of the molecule is CCCCC1=NC2C(=C3NC(Cc4ccc(F)cc4)CN3C(=O)N2CCC)N1. The van der Waals surface area contributed by atoms with Gasteiger partial charge in [0.15, 0.2) is 6.17 Å². The van der Waals surface area contributed by atoms with E-state index in [0.29, 0.717) is 13.1 Å². The number of hydrogen-bond donors (Lipinski definition) is 2. The Kier molecular flexibility index (Phi) is 5.24. The molecule has 1 fully saturated rings. The molecule has 2 amide bonds. The summed E-state index contributed by atoms with van der Waals surface area (Å²) in [5.74, 6) is 1.59. The third kappa shape index (κ3) is 3.45. The van der Waals surface area contributed by atoms with E-state index >= 15 is 0 Å².